The van der Waals surface area contributed by atoms with Crippen LogP contribution in [-0.2, 0) is 0 Å². The summed E-state index contributed by atoms with van der Waals surface area (Å²) >= 11 is 17.5. The highest BCUT2D eigenvalue weighted by molar-refractivity contribution is 6.35. The van der Waals surface area contributed by atoms with Gasteiger partial charge in [0.1, 0.15) is 18.0 Å². The van der Waals surface area contributed by atoms with Crippen molar-refractivity contribution in [2.45, 2.75) is 12.2 Å². The molecule has 0 amide bonds. The number of rotatable bonds is 2. The van der Waals surface area contributed by atoms with Crippen LogP contribution in [0.4, 0.5) is 0 Å². The van der Waals surface area contributed by atoms with Crippen LogP contribution in [0.1, 0.15) is 0 Å². The fourth-order valence-corrected chi connectivity index (χ4v) is 2.10. The van der Waals surface area contributed by atoms with Gasteiger partial charge in [-0.3, -0.25) is 0 Å². The van der Waals surface area contributed by atoms with Gasteiger partial charge < -0.3 is 9.84 Å². The second-order valence-electron chi connectivity index (χ2n) is 3.56. The number of ether oxygens (including phenoxy) is 1. The Bertz CT molecular complexity index is 483. The number of benzene rings is 1. The fourth-order valence-electron chi connectivity index (χ4n) is 1.44. The summed E-state index contributed by atoms with van der Waals surface area (Å²) in [7, 11) is 0. The molecule has 1 aromatic rings. The van der Waals surface area contributed by atoms with Crippen molar-refractivity contribution in [2.24, 2.45) is 0 Å². The molecule has 0 fully saturated rings. The molecule has 2 unspecified atom stereocenters. The van der Waals surface area contributed by atoms with E-state index in [1.807, 2.05) is 0 Å². The minimum atomic E-state index is -0.792. The average Bonchev–Trinajstić information content (AvgIpc) is 2.25. The van der Waals surface area contributed by atoms with Crippen LogP contribution >= 0.6 is 34.8 Å². The van der Waals surface area contributed by atoms with Crippen molar-refractivity contribution < 1.29 is 9.84 Å². The second kappa shape index (κ2) is 5.32. The van der Waals surface area contributed by atoms with E-state index in [-0.39, 0.29) is 0 Å². The molecule has 0 radical (unpaired) electrons. The molecule has 2 rings (SSSR count). The highest BCUT2D eigenvalue weighted by Gasteiger charge is 2.20. The monoisotopic (exact) mass is 290 g/mol. The minimum absolute atomic E-state index is 0.402. The van der Waals surface area contributed by atoms with Crippen LogP contribution in [0, 0.1) is 0 Å². The van der Waals surface area contributed by atoms with E-state index in [9.17, 15) is 5.11 Å². The van der Waals surface area contributed by atoms with Crippen LogP contribution in [0.5, 0.6) is 5.75 Å². The summed E-state index contributed by atoms with van der Waals surface area (Å²) in [6, 6.07) is 4.91. The first-order valence-corrected chi connectivity index (χ1v) is 6.05. The number of aliphatic hydroxyl groups excluding tert-OH is 1. The molecule has 0 bridgehead atoms. The molecular weight excluding hydrogens is 282 g/mol. The molecule has 0 aliphatic heterocycles. The smallest absolute Gasteiger partial charge is 0.147 e. The highest BCUT2D eigenvalue weighted by atomic mass is 35.5. The van der Waals surface area contributed by atoms with E-state index in [4.69, 9.17) is 39.5 Å². The van der Waals surface area contributed by atoms with Crippen molar-refractivity contribution in [3.63, 3.8) is 0 Å². The molecule has 90 valence electrons. The molecule has 2 atom stereocenters. The molecule has 5 heteroatoms. The SMILES string of the molecule is OC1C=C(Cl)C=CC1Oc1ccc(Cl)cc1Cl. The third-order valence-corrected chi connectivity index (χ3v) is 3.05. The van der Waals surface area contributed by atoms with Gasteiger partial charge >= 0.3 is 0 Å². The molecule has 0 spiro atoms. The topological polar surface area (TPSA) is 29.5 Å². The third kappa shape index (κ3) is 3.17. The summed E-state index contributed by atoms with van der Waals surface area (Å²) in [5.74, 6) is 0.469. The average molecular weight is 292 g/mol. The van der Waals surface area contributed by atoms with E-state index in [1.54, 1.807) is 30.4 Å². The Balaban J connectivity index is 2.14. The van der Waals surface area contributed by atoms with E-state index >= 15 is 0 Å². The van der Waals surface area contributed by atoms with Crippen LogP contribution in [0.3, 0.4) is 0 Å². The first-order valence-electron chi connectivity index (χ1n) is 4.91. The van der Waals surface area contributed by atoms with Gasteiger partial charge in [-0.25, -0.2) is 0 Å². The fraction of sp³-hybridized carbons (Fsp3) is 0.167. The Morgan fingerprint density at radius 2 is 1.94 bits per heavy atom. The Kier molecular flexibility index (Phi) is 4.00. The van der Waals surface area contributed by atoms with Gasteiger partial charge in [0.15, 0.2) is 0 Å². The van der Waals surface area contributed by atoms with E-state index < -0.39 is 12.2 Å². The van der Waals surface area contributed by atoms with Gasteiger partial charge in [0.05, 0.1) is 5.02 Å². The van der Waals surface area contributed by atoms with E-state index in [0.29, 0.717) is 20.8 Å². The lowest BCUT2D eigenvalue weighted by molar-refractivity contribution is 0.0957. The lowest BCUT2D eigenvalue weighted by Gasteiger charge is -2.22. The van der Waals surface area contributed by atoms with Crippen molar-refractivity contribution in [2.75, 3.05) is 0 Å². The third-order valence-electron chi connectivity index (χ3n) is 2.27. The van der Waals surface area contributed by atoms with E-state index in [1.165, 1.54) is 6.08 Å². The number of halogens is 3. The summed E-state index contributed by atoms with van der Waals surface area (Å²) in [4.78, 5) is 0. The first kappa shape index (κ1) is 12.8. The molecular formula is C12H9Cl3O2. The molecule has 0 aromatic heterocycles. The highest BCUT2D eigenvalue weighted by Crippen LogP contribution is 2.29. The predicted octanol–water partition coefficient (Wildman–Crippen LogP) is 3.79. The van der Waals surface area contributed by atoms with Crippen LogP contribution in [0.15, 0.2) is 41.5 Å². The van der Waals surface area contributed by atoms with E-state index in [0.717, 1.165) is 0 Å². The van der Waals surface area contributed by atoms with Crippen LogP contribution in [0.2, 0.25) is 10.0 Å². The van der Waals surface area contributed by atoms with Crippen LogP contribution < -0.4 is 4.74 Å². The number of hydrogen-bond acceptors (Lipinski definition) is 2. The molecule has 0 saturated carbocycles. The maximum absolute atomic E-state index is 9.74. The Morgan fingerprint density at radius 3 is 2.59 bits per heavy atom. The van der Waals surface area contributed by atoms with Gasteiger partial charge in [-0.15, -0.1) is 0 Å². The number of allylic oxidation sites excluding steroid dienone is 2. The Labute approximate surface area is 114 Å². The number of hydrogen-bond donors (Lipinski definition) is 1. The Morgan fingerprint density at radius 1 is 1.18 bits per heavy atom. The largest absolute Gasteiger partial charge is 0.482 e. The molecule has 0 saturated heterocycles. The lowest BCUT2D eigenvalue weighted by Crippen LogP contribution is -2.30. The lowest BCUT2D eigenvalue weighted by atomic mass is 10.1. The van der Waals surface area contributed by atoms with Gasteiger partial charge in [-0.05, 0) is 36.4 Å². The summed E-state index contributed by atoms with van der Waals surface area (Å²) in [6.07, 6.45) is 3.56. The first-order chi connectivity index (χ1) is 8.06. The van der Waals surface area contributed by atoms with Crippen molar-refractivity contribution in [3.8, 4) is 5.75 Å². The molecule has 17 heavy (non-hydrogen) atoms. The van der Waals surface area contributed by atoms with Gasteiger partial charge in [0.2, 0.25) is 0 Å². The van der Waals surface area contributed by atoms with E-state index in [2.05, 4.69) is 0 Å². The maximum atomic E-state index is 9.74. The Hall–Kier alpha value is -0.670. The quantitative estimate of drug-likeness (QED) is 0.898. The maximum Gasteiger partial charge on any atom is 0.147 e. The van der Waals surface area contributed by atoms with Crippen LogP contribution in [-0.4, -0.2) is 17.3 Å². The second-order valence-corrected chi connectivity index (χ2v) is 4.84. The van der Waals surface area contributed by atoms with Crippen molar-refractivity contribution in [1.82, 2.24) is 0 Å². The normalized spacial score (nSPS) is 23.4. The standard InChI is InChI=1S/C12H9Cl3O2/c13-7-1-3-11(9(15)5-7)17-12-4-2-8(14)6-10(12)16/h1-6,10,12,16H. The molecule has 1 aliphatic rings. The molecule has 1 aliphatic carbocycles. The van der Waals surface area contributed by atoms with Gasteiger partial charge in [-0.2, -0.15) is 0 Å². The zero-order chi connectivity index (χ0) is 12.4. The molecule has 1 aromatic carbocycles. The van der Waals surface area contributed by atoms with Gasteiger partial charge in [0.25, 0.3) is 0 Å². The predicted molar refractivity (Wildman–Crippen MR) is 70.0 cm³/mol. The van der Waals surface area contributed by atoms with Crippen LogP contribution in [0.25, 0.3) is 0 Å². The molecule has 1 N–H and O–H groups in total. The summed E-state index contributed by atoms with van der Waals surface area (Å²) in [5.41, 5.74) is 0. The number of aliphatic hydroxyl groups is 1. The summed E-state index contributed by atoms with van der Waals surface area (Å²) in [6.45, 7) is 0. The summed E-state index contributed by atoms with van der Waals surface area (Å²) in [5, 5.41) is 11.2. The summed E-state index contributed by atoms with van der Waals surface area (Å²) < 4.78 is 5.57. The zero-order valence-electron chi connectivity index (χ0n) is 8.61. The zero-order valence-corrected chi connectivity index (χ0v) is 10.9. The molecule has 0 heterocycles. The van der Waals surface area contributed by atoms with Crippen molar-refractivity contribution >= 4 is 34.8 Å². The van der Waals surface area contributed by atoms with Crippen molar-refractivity contribution in [3.05, 3.63) is 51.5 Å². The molecule has 2 nitrogen and oxygen atoms in total. The van der Waals surface area contributed by atoms with Crippen molar-refractivity contribution in [1.29, 1.82) is 0 Å². The van der Waals surface area contributed by atoms with Gasteiger partial charge in [0, 0.05) is 10.1 Å². The minimum Gasteiger partial charge on any atom is -0.482 e. The van der Waals surface area contributed by atoms with Gasteiger partial charge in [-0.1, -0.05) is 34.8 Å².